The molecule has 158 valence electrons. The fourth-order valence-corrected chi connectivity index (χ4v) is 3.78. The largest absolute Gasteiger partial charge is 0.491 e. The van der Waals surface area contributed by atoms with Gasteiger partial charge in [-0.15, -0.1) is 0 Å². The molecule has 0 radical (unpaired) electrons. The van der Waals surface area contributed by atoms with Crippen LogP contribution in [0.5, 0.6) is 11.5 Å². The molecule has 0 N–H and O–H groups in total. The molecular formula is C23H26N2O5. The summed E-state index contributed by atoms with van der Waals surface area (Å²) in [7, 11) is 0. The first kappa shape index (κ1) is 20.2. The number of fused-ring (bicyclic) bond motifs is 1. The predicted octanol–water partition coefficient (Wildman–Crippen LogP) is 2.39. The molecule has 30 heavy (non-hydrogen) atoms. The van der Waals surface area contributed by atoms with Gasteiger partial charge >= 0.3 is 0 Å². The molecule has 4 rings (SSSR count). The first-order valence-corrected chi connectivity index (χ1v) is 10.2. The van der Waals surface area contributed by atoms with Crippen molar-refractivity contribution in [1.82, 2.24) is 4.90 Å². The van der Waals surface area contributed by atoms with Crippen LogP contribution in [0.3, 0.4) is 0 Å². The number of ether oxygens (including phenoxy) is 3. The maximum atomic E-state index is 13.0. The molecule has 0 bridgehead atoms. The third kappa shape index (κ3) is 4.41. The number of nitrogens with zero attached hydrogens (tertiary/aromatic N) is 2. The van der Waals surface area contributed by atoms with E-state index in [9.17, 15) is 9.59 Å². The van der Waals surface area contributed by atoms with E-state index in [0.29, 0.717) is 63.1 Å². The number of hydrogen-bond donors (Lipinski definition) is 0. The predicted molar refractivity (Wildman–Crippen MR) is 112 cm³/mol. The smallest absolute Gasteiger partial charge is 0.265 e. The number of carbonyl (C=O) groups excluding carboxylic acids is 2. The Hall–Kier alpha value is -3.06. The van der Waals surface area contributed by atoms with Crippen LogP contribution < -0.4 is 14.4 Å². The maximum absolute atomic E-state index is 13.0. The first-order chi connectivity index (χ1) is 14.6. The van der Waals surface area contributed by atoms with E-state index < -0.39 is 6.10 Å². The standard InChI is InChI=1S/C23H26N2O5/c1-17(26)18-6-2-4-8-20(18)29-15-12-25-16-22(23(27)24-10-13-28-14-11-24)30-21-9-5-3-7-19(21)25/h2-9,22H,10-16H2,1H3. The van der Waals surface area contributed by atoms with Gasteiger partial charge in [0.05, 0.1) is 37.6 Å². The number of carbonyl (C=O) groups is 2. The molecular weight excluding hydrogens is 384 g/mol. The molecule has 2 aliphatic heterocycles. The minimum atomic E-state index is -0.567. The van der Waals surface area contributed by atoms with Crippen LogP contribution in [0.25, 0.3) is 0 Å². The lowest BCUT2D eigenvalue weighted by atomic mass is 10.1. The van der Waals surface area contributed by atoms with Crippen molar-refractivity contribution < 1.29 is 23.8 Å². The molecule has 2 aromatic rings. The van der Waals surface area contributed by atoms with E-state index >= 15 is 0 Å². The molecule has 1 saturated heterocycles. The van der Waals surface area contributed by atoms with Crippen LogP contribution in [0.4, 0.5) is 5.69 Å². The van der Waals surface area contributed by atoms with Gasteiger partial charge in [-0.2, -0.15) is 0 Å². The molecule has 1 atom stereocenters. The number of morpholine rings is 1. The fraction of sp³-hybridized carbons (Fsp3) is 0.391. The highest BCUT2D eigenvalue weighted by Crippen LogP contribution is 2.33. The van der Waals surface area contributed by atoms with Crippen LogP contribution in [0.1, 0.15) is 17.3 Å². The molecule has 0 aliphatic carbocycles. The number of rotatable bonds is 6. The van der Waals surface area contributed by atoms with Gasteiger partial charge in [-0.25, -0.2) is 0 Å². The lowest BCUT2D eigenvalue weighted by Gasteiger charge is -2.38. The van der Waals surface area contributed by atoms with Crippen molar-refractivity contribution in [2.45, 2.75) is 13.0 Å². The molecule has 0 aromatic heterocycles. The average Bonchev–Trinajstić information content (AvgIpc) is 2.79. The second kappa shape index (κ2) is 9.17. The summed E-state index contributed by atoms with van der Waals surface area (Å²) in [5.74, 6) is 1.23. The Labute approximate surface area is 176 Å². The second-order valence-corrected chi connectivity index (χ2v) is 7.36. The summed E-state index contributed by atoms with van der Waals surface area (Å²) in [5, 5.41) is 0. The Morgan fingerprint density at radius 1 is 1.07 bits per heavy atom. The van der Waals surface area contributed by atoms with Gasteiger partial charge in [-0.05, 0) is 31.2 Å². The molecule has 0 saturated carbocycles. The Bertz CT molecular complexity index is 910. The zero-order valence-electron chi connectivity index (χ0n) is 17.1. The number of benzene rings is 2. The highest BCUT2D eigenvalue weighted by molar-refractivity contribution is 5.96. The van der Waals surface area contributed by atoms with Crippen molar-refractivity contribution in [1.29, 1.82) is 0 Å². The van der Waals surface area contributed by atoms with Crippen molar-refractivity contribution in [3.63, 3.8) is 0 Å². The van der Waals surface area contributed by atoms with E-state index in [1.165, 1.54) is 6.92 Å². The highest BCUT2D eigenvalue weighted by atomic mass is 16.5. The van der Waals surface area contributed by atoms with Gasteiger partial charge in [0.15, 0.2) is 11.9 Å². The fourth-order valence-electron chi connectivity index (χ4n) is 3.78. The van der Waals surface area contributed by atoms with E-state index in [-0.39, 0.29) is 11.7 Å². The zero-order chi connectivity index (χ0) is 20.9. The summed E-state index contributed by atoms with van der Waals surface area (Å²) in [6, 6.07) is 14.9. The van der Waals surface area contributed by atoms with Gasteiger partial charge in [0.1, 0.15) is 18.1 Å². The van der Waals surface area contributed by atoms with E-state index in [0.717, 1.165) is 5.69 Å². The first-order valence-electron chi connectivity index (χ1n) is 10.2. The van der Waals surface area contributed by atoms with Crippen LogP contribution in [0.2, 0.25) is 0 Å². The third-order valence-electron chi connectivity index (χ3n) is 5.34. The molecule has 2 aromatic carbocycles. The van der Waals surface area contributed by atoms with Crippen LogP contribution >= 0.6 is 0 Å². The summed E-state index contributed by atoms with van der Waals surface area (Å²) < 4.78 is 17.3. The summed E-state index contributed by atoms with van der Waals surface area (Å²) in [6.07, 6.45) is -0.567. The zero-order valence-corrected chi connectivity index (χ0v) is 17.1. The van der Waals surface area contributed by atoms with Crippen molar-refractivity contribution in [2.75, 3.05) is 50.9 Å². The topological polar surface area (TPSA) is 68.3 Å². The van der Waals surface area contributed by atoms with Crippen LogP contribution in [0, 0.1) is 0 Å². The lowest BCUT2D eigenvalue weighted by molar-refractivity contribution is -0.142. The third-order valence-corrected chi connectivity index (χ3v) is 5.34. The quantitative estimate of drug-likeness (QED) is 0.682. The molecule has 0 spiro atoms. The van der Waals surface area contributed by atoms with Crippen LogP contribution in [-0.2, 0) is 9.53 Å². The van der Waals surface area contributed by atoms with Gasteiger partial charge in [0.2, 0.25) is 0 Å². The van der Waals surface area contributed by atoms with Crippen molar-refractivity contribution in [3.05, 3.63) is 54.1 Å². The van der Waals surface area contributed by atoms with E-state index in [4.69, 9.17) is 14.2 Å². The van der Waals surface area contributed by atoms with Crippen molar-refractivity contribution in [2.24, 2.45) is 0 Å². The summed E-state index contributed by atoms with van der Waals surface area (Å²) in [6.45, 7) is 5.23. The van der Waals surface area contributed by atoms with E-state index in [1.807, 2.05) is 36.4 Å². The molecule has 2 aliphatic rings. The lowest BCUT2D eigenvalue weighted by Crippen LogP contribution is -2.53. The number of hydrogen-bond acceptors (Lipinski definition) is 6. The van der Waals surface area contributed by atoms with E-state index in [2.05, 4.69) is 4.90 Å². The Kier molecular flexibility index (Phi) is 6.18. The summed E-state index contributed by atoms with van der Waals surface area (Å²) in [4.78, 5) is 28.7. The summed E-state index contributed by atoms with van der Waals surface area (Å²) in [5.41, 5.74) is 1.51. The van der Waals surface area contributed by atoms with Crippen molar-refractivity contribution >= 4 is 17.4 Å². The minimum Gasteiger partial charge on any atom is -0.491 e. The SMILES string of the molecule is CC(=O)c1ccccc1OCCN1CC(C(=O)N2CCOCC2)Oc2ccccc21. The second-order valence-electron chi connectivity index (χ2n) is 7.36. The number of amides is 1. The number of para-hydroxylation sites is 3. The molecule has 1 unspecified atom stereocenters. The summed E-state index contributed by atoms with van der Waals surface area (Å²) >= 11 is 0. The number of anilines is 1. The van der Waals surface area contributed by atoms with Gasteiger partial charge in [-0.1, -0.05) is 24.3 Å². The van der Waals surface area contributed by atoms with Gasteiger partial charge in [-0.3, -0.25) is 9.59 Å². The number of Topliss-reactive ketones (excluding diaryl/α,β-unsaturated/α-hetero) is 1. The average molecular weight is 410 g/mol. The minimum absolute atomic E-state index is 0.0133. The van der Waals surface area contributed by atoms with Gasteiger partial charge in [0, 0.05) is 13.1 Å². The molecule has 7 nitrogen and oxygen atoms in total. The van der Waals surface area contributed by atoms with Gasteiger partial charge < -0.3 is 24.0 Å². The molecule has 2 heterocycles. The van der Waals surface area contributed by atoms with Gasteiger partial charge in [0.25, 0.3) is 5.91 Å². The highest BCUT2D eigenvalue weighted by Gasteiger charge is 2.34. The Morgan fingerprint density at radius 3 is 2.60 bits per heavy atom. The molecule has 1 amide bonds. The molecule has 7 heteroatoms. The molecule has 1 fully saturated rings. The van der Waals surface area contributed by atoms with E-state index in [1.54, 1.807) is 17.0 Å². The van der Waals surface area contributed by atoms with Crippen LogP contribution in [0.15, 0.2) is 48.5 Å². The van der Waals surface area contributed by atoms with Crippen molar-refractivity contribution in [3.8, 4) is 11.5 Å². The monoisotopic (exact) mass is 410 g/mol. The Morgan fingerprint density at radius 2 is 1.80 bits per heavy atom. The maximum Gasteiger partial charge on any atom is 0.265 e. The normalized spacial score (nSPS) is 18.4. The van der Waals surface area contributed by atoms with Crippen LogP contribution in [-0.4, -0.2) is 68.7 Å². The number of ketones is 1. The Balaban J connectivity index is 1.45.